The second-order valence-electron chi connectivity index (χ2n) is 18.5. The van der Waals surface area contributed by atoms with Crippen molar-refractivity contribution < 1.29 is 28.6 Å². The molecule has 0 heterocycles. The van der Waals surface area contributed by atoms with E-state index < -0.39 is 6.10 Å². The first-order valence-corrected chi connectivity index (χ1v) is 27.9. The molecule has 6 heteroatoms. The van der Waals surface area contributed by atoms with Gasteiger partial charge in [0.25, 0.3) is 0 Å². The fourth-order valence-corrected chi connectivity index (χ4v) is 7.76. The summed E-state index contributed by atoms with van der Waals surface area (Å²) in [6.45, 7) is 6.45. The highest BCUT2D eigenvalue weighted by Crippen LogP contribution is 2.15. The van der Waals surface area contributed by atoms with E-state index in [2.05, 4.69) is 93.7 Å². The van der Waals surface area contributed by atoms with Crippen molar-refractivity contribution in [3.8, 4) is 0 Å². The molecule has 1 unspecified atom stereocenters. The molecule has 0 rings (SSSR count). The molecule has 0 aliphatic rings. The molecule has 0 radical (unpaired) electrons. The Hall–Kier alpha value is -3.15. The van der Waals surface area contributed by atoms with Crippen LogP contribution < -0.4 is 0 Å². The van der Waals surface area contributed by atoms with Gasteiger partial charge in [-0.15, -0.1) is 0 Å². The summed E-state index contributed by atoms with van der Waals surface area (Å²) in [6, 6.07) is 0. The van der Waals surface area contributed by atoms with Gasteiger partial charge in [-0.2, -0.15) is 0 Å². The summed E-state index contributed by atoms with van der Waals surface area (Å²) < 4.78 is 16.7. The van der Waals surface area contributed by atoms with E-state index in [1.54, 1.807) is 0 Å². The molecule has 6 nitrogen and oxygen atoms in total. The molecule has 0 aliphatic carbocycles. The monoisotopic (exact) mass is 921 g/mol. The highest BCUT2D eigenvalue weighted by atomic mass is 16.6. The molecule has 0 saturated heterocycles. The lowest BCUT2D eigenvalue weighted by atomic mass is 10.0. The van der Waals surface area contributed by atoms with E-state index in [0.29, 0.717) is 19.3 Å². The quantitative estimate of drug-likeness (QED) is 0.0262. The minimum Gasteiger partial charge on any atom is -0.462 e. The molecule has 66 heavy (non-hydrogen) atoms. The Bertz CT molecular complexity index is 1240. The predicted molar refractivity (Wildman–Crippen MR) is 284 cm³/mol. The average molecular weight is 921 g/mol. The number of hydrogen-bond acceptors (Lipinski definition) is 6. The highest BCUT2D eigenvalue weighted by molar-refractivity contribution is 5.71. The Labute approximate surface area is 408 Å². The van der Waals surface area contributed by atoms with Gasteiger partial charge in [0.05, 0.1) is 0 Å². The number of carbonyl (C=O) groups is 3. The van der Waals surface area contributed by atoms with Crippen LogP contribution in [0.25, 0.3) is 0 Å². The van der Waals surface area contributed by atoms with E-state index in [9.17, 15) is 14.4 Å². The van der Waals surface area contributed by atoms with Crippen LogP contribution in [0.1, 0.15) is 271 Å². The molecule has 0 aromatic heterocycles. The lowest BCUT2D eigenvalue weighted by Gasteiger charge is -2.18. The smallest absolute Gasteiger partial charge is 0.306 e. The van der Waals surface area contributed by atoms with Crippen LogP contribution in [0.2, 0.25) is 0 Å². The van der Waals surface area contributed by atoms with Crippen molar-refractivity contribution in [2.24, 2.45) is 0 Å². The molecular formula is C60H104O6. The van der Waals surface area contributed by atoms with Crippen LogP contribution in [0.5, 0.6) is 0 Å². The molecule has 0 bridgehead atoms. The van der Waals surface area contributed by atoms with Gasteiger partial charge < -0.3 is 14.2 Å². The number of rotatable bonds is 50. The summed E-state index contributed by atoms with van der Waals surface area (Å²) in [5.41, 5.74) is 0. The number of allylic oxidation sites excluding steroid dienone is 12. The molecule has 0 amide bonds. The summed E-state index contributed by atoms with van der Waals surface area (Å²) >= 11 is 0. The second kappa shape index (κ2) is 54.5. The second-order valence-corrected chi connectivity index (χ2v) is 18.5. The SMILES string of the molecule is CC/C=C\C/C=C\C/C=C\C/C=C\C/C=C\CCCCCCCCCCCCCCCC(=O)OCC(COC(=O)CCCCCCCC)OC(=O)CCCCCCC/C=C\CCCCCC. The lowest BCUT2D eigenvalue weighted by Crippen LogP contribution is -2.30. The van der Waals surface area contributed by atoms with E-state index in [4.69, 9.17) is 14.2 Å². The first-order valence-electron chi connectivity index (χ1n) is 27.9. The molecule has 0 aromatic rings. The van der Waals surface area contributed by atoms with Crippen LogP contribution >= 0.6 is 0 Å². The van der Waals surface area contributed by atoms with Gasteiger partial charge in [0.1, 0.15) is 13.2 Å². The Kier molecular flexibility index (Phi) is 51.9. The number of carbonyl (C=O) groups excluding carboxylic acids is 3. The lowest BCUT2D eigenvalue weighted by molar-refractivity contribution is -0.167. The fourth-order valence-electron chi connectivity index (χ4n) is 7.76. The summed E-state index contributed by atoms with van der Waals surface area (Å²) in [4.78, 5) is 37.8. The molecular weight excluding hydrogens is 817 g/mol. The van der Waals surface area contributed by atoms with Gasteiger partial charge >= 0.3 is 17.9 Å². The number of esters is 3. The third-order valence-corrected chi connectivity index (χ3v) is 11.9. The van der Waals surface area contributed by atoms with E-state index in [1.807, 2.05) is 0 Å². The van der Waals surface area contributed by atoms with Gasteiger partial charge in [-0.05, 0) is 89.9 Å². The molecule has 0 aromatic carbocycles. The Balaban J connectivity index is 4.05. The third-order valence-electron chi connectivity index (χ3n) is 11.9. The fraction of sp³-hybridized carbons (Fsp3) is 0.750. The molecule has 0 fully saturated rings. The first kappa shape index (κ1) is 62.8. The Morgan fingerprint density at radius 1 is 0.318 bits per heavy atom. The molecule has 1 atom stereocenters. The summed E-state index contributed by atoms with van der Waals surface area (Å²) in [5, 5.41) is 0. The van der Waals surface area contributed by atoms with Crippen LogP contribution in [-0.2, 0) is 28.6 Å². The van der Waals surface area contributed by atoms with Gasteiger partial charge in [0, 0.05) is 19.3 Å². The van der Waals surface area contributed by atoms with E-state index >= 15 is 0 Å². The zero-order valence-corrected chi connectivity index (χ0v) is 43.4. The maximum atomic E-state index is 12.7. The molecule has 380 valence electrons. The van der Waals surface area contributed by atoms with Gasteiger partial charge in [-0.1, -0.05) is 235 Å². The van der Waals surface area contributed by atoms with Crippen LogP contribution in [-0.4, -0.2) is 37.2 Å². The van der Waals surface area contributed by atoms with Crippen LogP contribution in [0, 0.1) is 0 Å². The molecule has 0 spiro atoms. The summed E-state index contributed by atoms with van der Waals surface area (Å²) in [5.74, 6) is -0.892. The molecule has 0 saturated carbocycles. The standard InChI is InChI=1S/C60H104O6/c1-4-7-10-13-16-18-20-22-23-24-25-26-27-28-29-30-31-32-33-34-35-36-37-39-40-42-44-47-50-53-59(62)65-56-57(55-64-58(61)52-49-46-15-12-9-6-3)66-60(63)54-51-48-45-43-41-38-21-19-17-14-11-8-5-2/h7,10,16,18-19,21-23,25-26,28-29,57H,4-6,8-9,11-15,17,20,24,27,30-56H2,1-3H3/b10-7-,18-16-,21-19-,23-22-,26-25-,29-28-. The van der Waals surface area contributed by atoms with Crippen LogP contribution in [0.3, 0.4) is 0 Å². The minimum absolute atomic E-state index is 0.0771. The Morgan fingerprint density at radius 3 is 0.955 bits per heavy atom. The average Bonchev–Trinajstić information content (AvgIpc) is 3.31. The van der Waals surface area contributed by atoms with Crippen molar-refractivity contribution in [3.05, 3.63) is 72.9 Å². The Morgan fingerprint density at radius 2 is 0.591 bits per heavy atom. The van der Waals surface area contributed by atoms with E-state index in [-0.39, 0.29) is 31.1 Å². The summed E-state index contributed by atoms with van der Waals surface area (Å²) in [7, 11) is 0. The van der Waals surface area contributed by atoms with Crippen molar-refractivity contribution in [3.63, 3.8) is 0 Å². The largest absolute Gasteiger partial charge is 0.462 e. The predicted octanol–water partition coefficient (Wildman–Crippen LogP) is 18.6. The highest BCUT2D eigenvalue weighted by Gasteiger charge is 2.19. The number of unbranched alkanes of at least 4 members (excludes halogenated alkanes) is 27. The van der Waals surface area contributed by atoms with E-state index in [0.717, 1.165) is 103 Å². The van der Waals surface area contributed by atoms with E-state index in [1.165, 1.54) is 128 Å². The zero-order chi connectivity index (χ0) is 47.9. The number of ether oxygens (including phenoxy) is 3. The number of hydrogen-bond donors (Lipinski definition) is 0. The topological polar surface area (TPSA) is 78.9 Å². The molecule has 0 aliphatic heterocycles. The minimum atomic E-state index is -0.774. The maximum absolute atomic E-state index is 12.7. The van der Waals surface area contributed by atoms with Gasteiger partial charge in [0.15, 0.2) is 6.10 Å². The van der Waals surface area contributed by atoms with Crippen molar-refractivity contribution in [2.45, 2.75) is 277 Å². The van der Waals surface area contributed by atoms with Crippen molar-refractivity contribution in [1.82, 2.24) is 0 Å². The first-order chi connectivity index (χ1) is 32.5. The van der Waals surface area contributed by atoms with Crippen LogP contribution in [0.4, 0.5) is 0 Å². The van der Waals surface area contributed by atoms with Gasteiger partial charge in [-0.3, -0.25) is 14.4 Å². The third kappa shape index (κ3) is 51.8. The molecule has 0 N–H and O–H groups in total. The summed E-state index contributed by atoms with van der Waals surface area (Å²) in [6.07, 6.45) is 69.3. The van der Waals surface area contributed by atoms with Crippen molar-refractivity contribution in [1.29, 1.82) is 0 Å². The zero-order valence-electron chi connectivity index (χ0n) is 43.4. The maximum Gasteiger partial charge on any atom is 0.306 e. The van der Waals surface area contributed by atoms with Crippen molar-refractivity contribution in [2.75, 3.05) is 13.2 Å². The van der Waals surface area contributed by atoms with Gasteiger partial charge in [0.2, 0.25) is 0 Å². The normalized spacial score (nSPS) is 12.6. The van der Waals surface area contributed by atoms with Crippen LogP contribution in [0.15, 0.2) is 72.9 Å². The van der Waals surface area contributed by atoms with Gasteiger partial charge in [-0.25, -0.2) is 0 Å². The van der Waals surface area contributed by atoms with Crippen molar-refractivity contribution >= 4 is 17.9 Å².